The average molecular weight is 466 g/mol. The highest BCUT2D eigenvalue weighted by Gasteiger charge is 2.72. The minimum atomic E-state index is -0.748. The Morgan fingerprint density at radius 3 is 2.64 bits per heavy atom. The summed E-state index contributed by atoms with van der Waals surface area (Å²) >= 11 is 6.03. The van der Waals surface area contributed by atoms with Crippen molar-refractivity contribution in [2.24, 2.45) is 5.41 Å². The predicted molar refractivity (Wildman–Crippen MR) is 124 cm³/mol. The maximum Gasteiger partial charge on any atom is 0.230 e. The first-order valence-corrected chi connectivity index (χ1v) is 12.2. The molecule has 0 aromatic heterocycles. The van der Waals surface area contributed by atoms with Crippen molar-refractivity contribution in [2.45, 2.75) is 69.1 Å². The lowest BCUT2D eigenvalue weighted by Crippen LogP contribution is -2.75. The lowest BCUT2D eigenvalue weighted by molar-refractivity contribution is -0.218. The fourth-order valence-corrected chi connectivity index (χ4v) is 6.95. The van der Waals surface area contributed by atoms with E-state index in [1.165, 1.54) is 5.56 Å². The topological polar surface area (TPSA) is 66.8 Å². The molecule has 2 aromatic rings. The van der Waals surface area contributed by atoms with Crippen LogP contribution in [-0.2, 0) is 9.59 Å². The third kappa shape index (κ3) is 3.31. The molecular formula is C27H28ClNO4. The summed E-state index contributed by atoms with van der Waals surface area (Å²) in [6.45, 7) is 2.86. The van der Waals surface area contributed by atoms with Gasteiger partial charge in [0.1, 0.15) is 5.75 Å². The Labute approximate surface area is 198 Å². The summed E-state index contributed by atoms with van der Waals surface area (Å²) in [4.78, 5) is 28.4. The van der Waals surface area contributed by atoms with Gasteiger partial charge in [-0.15, -0.1) is 0 Å². The summed E-state index contributed by atoms with van der Waals surface area (Å²) in [5.41, 5.74) is 2.90. The second kappa shape index (κ2) is 7.31. The molecule has 2 aliphatic heterocycles. The van der Waals surface area contributed by atoms with E-state index in [1.807, 2.05) is 0 Å². The van der Waals surface area contributed by atoms with Crippen molar-refractivity contribution in [3.63, 3.8) is 0 Å². The van der Waals surface area contributed by atoms with Gasteiger partial charge in [-0.05, 0) is 61.8 Å². The molecule has 2 bridgehead atoms. The second-order valence-electron chi connectivity index (χ2n) is 10.7. The third-order valence-corrected chi connectivity index (χ3v) is 8.55. The monoisotopic (exact) mass is 465 g/mol. The highest BCUT2D eigenvalue weighted by Crippen LogP contribution is 2.72. The molecule has 7 rings (SSSR count). The van der Waals surface area contributed by atoms with E-state index in [2.05, 4.69) is 36.1 Å². The number of nitrogens with zero attached hydrogens (tertiary/aromatic N) is 1. The first kappa shape index (κ1) is 21.2. The van der Waals surface area contributed by atoms with Crippen LogP contribution in [0.5, 0.6) is 5.75 Å². The van der Waals surface area contributed by atoms with Crippen LogP contribution in [-0.4, -0.2) is 39.9 Å². The Morgan fingerprint density at radius 1 is 1.18 bits per heavy atom. The number of hydrogen-bond donors (Lipinski definition) is 1. The molecule has 3 aliphatic carbocycles. The lowest BCUT2D eigenvalue weighted by Gasteiger charge is -2.73. The number of aryl methyl sites for hydroxylation is 1. The molecule has 4 fully saturated rings. The first-order chi connectivity index (χ1) is 15.8. The quantitative estimate of drug-likeness (QED) is 0.693. The van der Waals surface area contributed by atoms with E-state index in [-0.39, 0.29) is 35.0 Å². The number of rotatable bonds is 5. The van der Waals surface area contributed by atoms with Gasteiger partial charge in [0, 0.05) is 35.5 Å². The number of carbonyl (C=O) groups excluding carboxylic acids is 2. The number of aliphatic hydroxyl groups is 1. The zero-order valence-corrected chi connectivity index (χ0v) is 19.5. The minimum Gasteiger partial charge on any atom is -0.482 e. The van der Waals surface area contributed by atoms with Gasteiger partial charge in [0.2, 0.25) is 5.91 Å². The van der Waals surface area contributed by atoms with Crippen molar-refractivity contribution >= 4 is 23.3 Å². The van der Waals surface area contributed by atoms with Crippen molar-refractivity contribution in [3.05, 3.63) is 64.2 Å². The van der Waals surface area contributed by atoms with Crippen molar-refractivity contribution in [2.75, 3.05) is 6.54 Å². The van der Waals surface area contributed by atoms with Crippen LogP contribution in [0.2, 0.25) is 5.02 Å². The number of ketones is 1. The molecule has 6 heteroatoms. The van der Waals surface area contributed by atoms with E-state index in [0.717, 1.165) is 37.8 Å². The number of halogens is 1. The minimum absolute atomic E-state index is 0.00606. The number of fused-ring (bicyclic) bond motifs is 1. The number of hydrogen-bond acceptors (Lipinski definition) is 4. The van der Waals surface area contributed by atoms with E-state index in [0.29, 0.717) is 22.8 Å². The van der Waals surface area contributed by atoms with E-state index >= 15 is 0 Å². The van der Waals surface area contributed by atoms with Gasteiger partial charge in [-0.3, -0.25) is 9.59 Å². The van der Waals surface area contributed by atoms with Gasteiger partial charge in [-0.2, -0.15) is 0 Å². The number of benzene rings is 2. The van der Waals surface area contributed by atoms with E-state index in [1.54, 1.807) is 18.2 Å². The van der Waals surface area contributed by atoms with Crippen LogP contribution < -0.4 is 4.74 Å². The molecular weight excluding hydrogens is 438 g/mol. The highest BCUT2D eigenvalue weighted by molar-refractivity contribution is 6.30. The number of carbonyl (C=O) groups is 2. The molecule has 2 heterocycles. The molecule has 1 amide bonds. The van der Waals surface area contributed by atoms with Gasteiger partial charge < -0.3 is 14.7 Å². The molecule has 0 radical (unpaired) electrons. The molecule has 2 aromatic carbocycles. The van der Waals surface area contributed by atoms with Gasteiger partial charge in [0.25, 0.3) is 0 Å². The van der Waals surface area contributed by atoms with Crippen molar-refractivity contribution < 1.29 is 19.4 Å². The standard InChI is InChI=1S/C27H28ClNO4/c1-16-2-4-17(5-3-16)19-8-9-29(25(19)32)27-13-26(14-27,15-27)12-22(31)24-11-21(30)20-10-18(28)6-7-23(20)33-24/h2-7,10,19,21,24,30H,8-9,11-15H2,1H3/t19-,21-,24-,26?,27?/m1/s1. The van der Waals surface area contributed by atoms with Crippen molar-refractivity contribution in [3.8, 4) is 5.75 Å². The molecule has 0 spiro atoms. The van der Waals surface area contributed by atoms with Crippen LogP contribution >= 0.6 is 11.6 Å². The molecule has 3 atom stereocenters. The molecule has 33 heavy (non-hydrogen) atoms. The Kier molecular flexibility index (Phi) is 4.69. The molecule has 3 saturated carbocycles. The highest BCUT2D eigenvalue weighted by atomic mass is 35.5. The van der Waals surface area contributed by atoms with Gasteiger partial charge in [-0.1, -0.05) is 41.4 Å². The molecule has 172 valence electrons. The molecule has 5 aliphatic rings. The van der Waals surface area contributed by atoms with Gasteiger partial charge in [0.05, 0.1) is 12.0 Å². The van der Waals surface area contributed by atoms with Crippen LogP contribution in [0.4, 0.5) is 0 Å². The summed E-state index contributed by atoms with van der Waals surface area (Å²) in [7, 11) is 0. The number of amides is 1. The smallest absolute Gasteiger partial charge is 0.230 e. The maximum absolute atomic E-state index is 13.2. The molecule has 1 saturated heterocycles. The Bertz CT molecular complexity index is 1120. The normalized spacial score (nSPS) is 34.2. The predicted octanol–water partition coefficient (Wildman–Crippen LogP) is 4.73. The summed E-state index contributed by atoms with van der Waals surface area (Å²) < 4.78 is 5.93. The number of aliphatic hydroxyl groups excluding tert-OH is 1. The molecule has 5 nitrogen and oxygen atoms in total. The van der Waals surface area contributed by atoms with Gasteiger partial charge in [-0.25, -0.2) is 0 Å². The van der Waals surface area contributed by atoms with Crippen LogP contribution in [0.25, 0.3) is 0 Å². The van der Waals surface area contributed by atoms with Crippen molar-refractivity contribution in [1.82, 2.24) is 4.90 Å². The van der Waals surface area contributed by atoms with E-state index < -0.39 is 12.2 Å². The van der Waals surface area contributed by atoms with E-state index in [4.69, 9.17) is 16.3 Å². The zero-order valence-electron chi connectivity index (χ0n) is 18.7. The summed E-state index contributed by atoms with van der Waals surface area (Å²) in [5, 5.41) is 11.0. The average Bonchev–Trinajstić information content (AvgIpc) is 3.11. The zero-order chi connectivity index (χ0) is 23.0. The summed E-state index contributed by atoms with van der Waals surface area (Å²) in [6, 6.07) is 13.4. The van der Waals surface area contributed by atoms with E-state index in [9.17, 15) is 14.7 Å². The number of likely N-dealkylation sites (tertiary alicyclic amines) is 1. The molecule has 1 N–H and O–H groups in total. The summed E-state index contributed by atoms with van der Waals surface area (Å²) in [5.74, 6) is 0.791. The maximum atomic E-state index is 13.2. The largest absolute Gasteiger partial charge is 0.482 e. The number of ether oxygens (including phenoxy) is 1. The first-order valence-electron chi connectivity index (χ1n) is 11.8. The van der Waals surface area contributed by atoms with Crippen LogP contribution in [0.15, 0.2) is 42.5 Å². The Morgan fingerprint density at radius 2 is 1.91 bits per heavy atom. The number of Topliss-reactive ketones (excluding diaryl/α,β-unsaturated/α-hetero) is 1. The van der Waals surface area contributed by atoms with Crippen molar-refractivity contribution in [1.29, 1.82) is 0 Å². The fourth-order valence-electron chi connectivity index (χ4n) is 6.77. The fraction of sp³-hybridized carbons (Fsp3) is 0.481. The van der Waals surface area contributed by atoms with Gasteiger partial charge in [0.15, 0.2) is 11.9 Å². The lowest BCUT2D eigenvalue weighted by atomic mass is 9.37. The Balaban J connectivity index is 1.08. The van der Waals surface area contributed by atoms with Crippen LogP contribution in [0, 0.1) is 12.3 Å². The van der Waals surface area contributed by atoms with Crippen LogP contribution in [0.1, 0.15) is 67.2 Å². The SMILES string of the molecule is Cc1ccc([C@H]2CCN(C34CC(CC(=O)[C@H]5C[C@@H](O)c6cc(Cl)ccc6O5)(C3)C4)C2=O)cc1. The second-order valence-corrected chi connectivity index (χ2v) is 11.1. The third-order valence-electron chi connectivity index (χ3n) is 8.32. The van der Waals surface area contributed by atoms with Crippen LogP contribution in [0.3, 0.4) is 0 Å². The summed E-state index contributed by atoms with van der Waals surface area (Å²) in [6.07, 6.45) is 2.92. The molecule has 0 unspecified atom stereocenters. The Hall–Kier alpha value is -2.37. The van der Waals surface area contributed by atoms with Gasteiger partial charge >= 0.3 is 0 Å².